The molecule has 7 heteroatoms. The molecule has 0 aliphatic carbocycles. The average Bonchev–Trinajstić information content (AvgIpc) is 3.02. The Labute approximate surface area is 172 Å². The van der Waals surface area contributed by atoms with E-state index in [0.717, 1.165) is 25.7 Å². The number of ether oxygens (including phenoxy) is 1. The van der Waals surface area contributed by atoms with E-state index in [1.807, 2.05) is 23.1 Å². The molecule has 154 valence electrons. The van der Waals surface area contributed by atoms with E-state index >= 15 is 0 Å². The van der Waals surface area contributed by atoms with Crippen LogP contribution in [0.5, 0.6) is 5.75 Å². The lowest BCUT2D eigenvalue weighted by Gasteiger charge is -2.36. The van der Waals surface area contributed by atoms with E-state index in [4.69, 9.17) is 4.74 Å². The van der Waals surface area contributed by atoms with Crippen molar-refractivity contribution >= 4 is 21.6 Å². The number of carbonyl (C=O) groups excluding carboxylic acids is 1. The highest BCUT2D eigenvalue weighted by molar-refractivity contribution is 7.92. The van der Waals surface area contributed by atoms with Gasteiger partial charge in [-0.3, -0.25) is 9.10 Å². The van der Waals surface area contributed by atoms with Gasteiger partial charge in [-0.05, 0) is 30.5 Å². The third-order valence-electron chi connectivity index (χ3n) is 5.46. The van der Waals surface area contributed by atoms with Crippen LogP contribution >= 0.6 is 0 Å². The number of benzene rings is 2. The highest BCUT2D eigenvalue weighted by atomic mass is 32.2. The van der Waals surface area contributed by atoms with Crippen molar-refractivity contribution < 1.29 is 17.9 Å². The number of amides is 1. The zero-order valence-corrected chi connectivity index (χ0v) is 17.2. The predicted molar refractivity (Wildman–Crippen MR) is 112 cm³/mol. The Bertz CT molecular complexity index is 954. The Morgan fingerprint density at radius 2 is 1.59 bits per heavy atom. The molecule has 1 saturated heterocycles. The highest BCUT2D eigenvalue weighted by Gasteiger charge is 2.38. The van der Waals surface area contributed by atoms with Crippen LogP contribution in [0.1, 0.15) is 31.2 Å². The van der Waals surface area contributed by atoms with E-state index < -0.39 is 16.1 Å². The number of hydrogen-bond donors (Lipinski definition) is 0. The molecular weight excluding hydrogens is 388 g/mol. The molecule has 0 unspecified atom stereocenters. The summed E-state index contributed by atoms with van der Waals surface area (Å²) in [6.45, 7) is 1.41. The molecule has 2 aliphatic heterocycles. The topological polar surface area (TPSA) is 66.9 Å². The molecule has 4 rings (SSSR count). The van der Waals surface area contributed by atoms with Crippen LogP contribution in [-0.4, -0.2) is 45.0 Å². The highest BCUT2D eigenvalue weighted by Crippen LogP contribution is 2.36. The van der Waals surface area contributed by atoms with Gasteiger partial charge in [-0.25, -0.2) is 8.42 Å². The molecule has 0 aromatic heterocycles. The van der Waals surface area contributed by atoms with E-state index in [1.54, 1.807) is 36.4 Å². The van der Waals surface area contributed by atoms with Gasteiger partial charge >= 0.3 is 0 Å². The summed E-state index contributed by atoms with van der Waals surface area (Å²) in [5, 5.41) is 0. The van der Waals surface area contributed by atoms with Gasteiger partial charge in [0.05, 0.1) is 18.0 Å². The average molecular weight is 415 g/mol. The van der Waals surface area contributed by atoms with Crippen LogP contribution in [0.4, 0.5) is 5.69 Å². The first-order valence-electron chi connectivity index (χ1n) is 10.1. The molecule has 2 aliphatic rings. The van der Waals surface area contributed by atoms with E-state index in [-0.39, 0.29) is 18.2 Å². The van der Waals surface area contributed by atoms with Crippen molar-refractivity contribution in [2.45, 2.75) is 37.5 Å². The van der Waals surface area contributed by atoms with Gasteiger partial charge in [0.2, 0.25) is 10.0 Å². The van der Waals surface area contributed by atoms with E-state index in [2.05, 4.69) is 0 Å². The van der Waals surface area contributed by atoms with Gasteiger partial charge in [0.25, 0.3) is 5.91 Å². The standard InChI is InChI=1S/C22H26N2O4S/c25-22(23-14-8-1-2-9-15-23)21-16-24(19-12-6-7-13-20(19)28-21)29(26,27)17-18-10-4-3-5-11-18/h3-7,10-13,21H,1-2,8-9,14-17H2/t21-/m0/s1. The molecule has 1 fully saturated rings. The summed E-state index contributed by atoms with van der Waals surface area (Å²) in [4.78, 5) is 15.0. The minimum Gasteiger partial charge on any atom is -0.476 e. The smallest absolute Gasteiger partial charge is 0.265 e. The van der Waals surface area contributed by atoms with Crippen LogP contribution in [0.15, 0.2) is 54.6 Å². The Hall–Kier alpha value is -2.54. The molecular formula is C22H26N2O4S. The fourth-order valence-electron chi connectivity index (χ4n) is 3.95. The van der Waals surface area contributed by atoms with Crippen molar-refractivity contribution in [3.8, 4) is 5.75 Å². The van der Waals surface area contributed by atoms with Crippen molar-refractivity contribution in [1.29, 1.82) is 0 Å². The van der Waals surface area contributed by atoms with Crippen LogP contribution in [0, 0.1) is 0 Å². The van der Waals surface area contributed by atoms with Gasteiger partial charge in [-0.1, -0.05) is 55.3 Å². The molecule has 0 spiro atoms. The van der Waals surface area contributed by atoms with Crippen LogP contribution < -0.4 is 9.04 Å². The summed E-state index contributed by atoms with van der Waals surface area (Å²) in [6.07, 6.45) is 3.37. The maximum absolute atomic E-state index is 13.3. The largest absolute Gasteiger partial charge is 0.476 e. The molecule has 2 aromatic carbocycles. The second kappa shape index (κ2) is 8.45. The number of rotatable bonds is 4. The number of carbonyl (C=O) groups is 1. The normalized spacial score (nSPS) is 19.8. The Balaban J connectivity index is 1.61. The van der Waals surface area contributed by atoms with Crippen molar-refractivity contribution in [1.82, 2.24) is 4.90 Å². The van der Waals surface area contributed by atoms with Crippen molar-refractivity contribution in [2.75, 3.05) is 23.9 Å². The van der Waals surface area contributed by atoms with Gasteiger partial charge in [0.1, 0.15) is 5.75 Å². The zero-order valence-electron chi connectivity index (χ0n) is 16.4. The molecule has 1 amide bonds. The van der Waals surface area contributed by atoms with Gasteiger partial charge in [0, 0.05) is 13.1 Å². The lowest BCUT2D eigenvalue weighted by molar-refractivity contribution is -0.138. The lowest BCUT2D eigenvalue weighted by atomic mass is 10.2. The minimum atomic E-state index is -3.67. The van der Waals surface area contributed by atoms with Crippen molar-refractivity contribution in [3.63, 3.8) is 0 Å². The SMILES string of the molecule is O=C([C@@H]1CN(S(=O)(=O)Cc2ccccc2)c2ccccc2O1)N1CCCCCC1. The first kappa shape index (κ1) is 19.8. The molecule has 0 saturated carbocycles. The number of likely N-dealkylation sites (tertiary alicyclic amines) is 1. The molecule has 0 radical (unpaired) electrons. The number of fused-ring (bicyclic) bond motifs is 1. The maximum atomic E-state index is 13.3. The number of para-hydroxylation sites is 2. The number of anilines is 1. The number of sulfonamides is 1. The molecule has 6 nitrogen and oxygen atoms in total. The predicted octanol–water partition coefficient (Wildman–Crippen LogP) is 3.19. The molecule has 0 bridgehead atoms. The van der Waals surface area contributed by atoms with E-state index in [9.17, 15) is 13.2 Å². The Morgan fingerprint density at radius 1 is 0.931 bits per heavy atom. The summed E-state index contributed by atoms with van der Waals surface area (Å²) in [5.41, 5.74) is 1.20. The van der Waals surface area contributed by atoms with Gasteiger partial charge < -0.3 is 9.64 Å². The molecule has 0 N–H and O–H groups in total. The van der Waals surface area contributed by atoms with Gasteiger partial charge in [-0.15, -0.1) is 0 Å². The van der Waals surface area contributed by atoms with E-state index in [0.29, 0.717) is 30.1 Å². The van der Waals surface area contributed by atoms with Crippen LogP contribution in [0.25, 0.3) is 0 Å². The summed E-state index contributed by atoms with van der Waals surface area (Å²) < 4.78 is 33.8. The molecule has 1 atom stereocenters. The number of hydrogen-bond acceptors (Lipinski definition) is 4. The Kier molecular flexibility index (Phi) is 5.76. The lowest BCUT2D eigenvalue weighted by Crippen LogP contribution is -2.52. The van der Waals surface area contributed by atoms with E-state index in [1.165, 1.54) is 4.31 Å². The van der Waals surface area contributed by atoms with Crippen molar-refractivity contribution in [3.05, 3.63) is 60.2 Å². The monoisotopic (exact) mass is 414 g/mol. The molecule has 2 heterocycles. The summed E-state index contributed by atoms with van der Waals surface area (Å²) in [5.74, 6) is 0.192. The summed E-state index contributed by atoms with van der Waals surface area (Å²) in [7, 11) is -3.67. The third-order valence-corrected chi connectivity index (χ3v) is 7.17. The first-order chi connectivity index (χ1) is 14.0. The molecule has 29 heavy (non-hydrogen) atoms. The maximum Gasteiger partial charge on any atom is 0.265 e. The summed E-state index contributed by atoms with van der Waals surface area (Å²) in [6, 6.07) is 16.1. The fourth-order valence-corrected chi connectivity index (χ4v) is 5.53. The quantitative estimate of drug-likeness (QED) is 0.771. The minimum absolute atomic E-state index is 0.00150. The van der Waals surface area contributed by atoms with Gasteiger partial charge in [-0.2, -0.15) is 0 Å². The van der Waals surface area contributed by atoms with Crippen molar-refractivity contribution in [2.24, 2.45) is 0 Å². The molecule has 2 aromatic rings. The third kappa shape index (κ3) is 4.40. The first-order valence-corrected chi connectivity index (χ1v) is 11.7. The van der Waals surface area contributed by atoms with Crippen LogP contribution in [0.2, 0.25) is 0 Å². The van der Waals surface area contributed by atoms with Crippen LogP contribution in [0.3, 0.4) is 0 Å². The summed E-state index contributed by atoms with van der Waals surface area (Å²) >= 11 is 0. The second-order valence-corrected chi connectivity index (χ2v) is 9.48. The fraction of sp³-hybridized carbons (Fsp3) is 0.409. The Morgan fingerprint density at radius 3 is 2.31 bits per heavy atom. The van der Waals surface area contributed by atoms with Gasteiger partial charge in [0.15, 0.2) is 6.10 Å². The van der Waals surface area contributed by atoms with Crippen LogP contribution in [-0.2, 0) is 20.6 Å². The zero-order chi connectivity index (χ0) is 20.3. The number of nitrogens with zero attached hydrogens (tertiary/aromatic N) is 2. The second-order valence-electron chi connectivity index (χ2n) is 7.59.